The molecule has 2 N–H and O–H groups in total. The number of hydrogen-bond donors (Lipinski definition) is 1. The summed E-state index contributed by atoms with van der Waals surface area (Å²) in [5.74, 6) is 0. The molecule has 1 aromatic rings. The highest BCUT2D eigenvalue weighted by Gasteiger charge is 2.39. The molecule has 0 amide bonds. The quantitative estimate of drug-likeness (QED) is 0.799. The van der Waals surface area contributed by atoms with Crippen molar-refractivity contribution in [1.29, 1.82) is 0 Å². The van der Waals surface area contributed by atoms with E-state index in [1.807, 2.05) is 0 Å². The standard InChI is InChI=1S/C13H12F3N/c14-13(15,16)11-7-4-8-12(17,9-11)10-5-2-1-3-6-10/h1-8H,9,17H2/t12-/m0/s1. The molecule has 0 saturated heterocycles. The van der Waals surface area contributed by atoms with E-state index < -0.39 is 17.3 Å². The van der Waals surface area contributed by atoms with Gasteiger partial charge in [0.1, 0.15) is 0 Å². The average Bonchev–Trinajstić information content (AvgIpc) is 2.29. The van der Waals surface area contributed by atoms with Crippen LogP contribution in [-0.4, -0.2) is 6.18 Å². The van der Waals surface area contributed by atoms with Gasteiger partial charge >= 0.3 is 6.18 Å². The summed E-state index contributed by atoms with van der Waals surface area (Å²) in [6.07, 6.45) is -0.480. The van der Waals surface area contributed by atoms with Gasteiger partial charge < -0.3 is 5.73 Å². The monoisotopic (exact) mass is 239 g/mol. The maximum atomic E-state index is 12.6. The number of rotatable bonds is 1. The van der Waals surface area contributed by atoms with Crippen LogP contribution in [0.1, 0.15) is 12.0 Å². The van der Waals surface area contributed by atoms with Gasteiger partial charge in [0.2, 0.25) is 0 Å². The SMILES string of the molecule is N[C@@]1(c2ccccc2)C=CC=C(C(F)(F)F)C1. The number of nitrogens with two attached hydrogens (primary N) is 1. The van der Waals surface area contributed by atoms with Gasteiger partial charge in [-0.3, -0.25) is 0 Å². The first-order valence-electron chi connectivity index (χ1n) is 5.22. The van der Waals surface area contributed by atoms with Crippen LogP contribution in [-0.2, 0) is 5.54 Å². The van der Waals surface area contributed by atoms with Crippen molar-refractivity contribution in [2.24, 2.45) is 5.73 Å². The molecular formula is C13H12F3N. The largest absolute Gasteiger partial charge is 0.412 e. The Bertz CT molecular complexity index is 459. The van der Waals surface area contributed by atoms with E-state index in [1.165, 1.54) is 6.08 Å². The summed E-state index contributed by atoms with van der Waals surface area (Å²) >= 11 is 0. The summed E-state index contributed by atoms with van der Waals surface area (Å²) in [4.78, 5) is 0. The molecule has 1 aliphatic carbocycles. The molecule has 0 fully saturated rings. The zero-order chi connectivity index (χ0) is 12.5. The summed E-state index contributed by atoms with van der Waals surface area (Å²) in [7, 11) is 0. The van der Waals surface area contributed by atoms with Crippen LogP contribution in [0.2, 0.25) is 0 Å². The summed E-state index contributed by atoms with van der Waals surface area (Å²) < 4.78 is 37.9. The molecule has 1 aromatic carbocycles. The fourth-order valence-corrected chi connectivity index (χ4v) is 1.91. The highest BCUT2D eigenvalue weighted by atomic mass is 19.4. The number of benzene rings is 1. The first-order valence-corrected chi connectivity index (χ1v) is 5.22. The molecule has 1 nitrogen and oxygen atoms in total. The van der Waals surface area contributed by atoms with Crippen molar-refractivity contribution in [1.82, 2.24) is 0 Å². The molecule has 0 unspecified atom stereocenters. The second-order valence-electron chi connectivity index (χ2n) is 4.13. The van der Waals surface area contributed by atoms with Crippen molar-refractivity contribution < 1.29 is 13.2 Å². The first-order chi connectivity index (χ1) is 7.92. The lowest BCUT2D eigenvalue weighted by atomic mass is 9.81. The molecule has 1 aliphatic rings. The van der Waals surface area contributed by atoms with E-state index >= 15 is 0 Å². The molecule has 0 heterocycles. The van der Waals surface area contributed by atoms with Crippen molar-refractivity contribution in [2.75, 3.05) is 0 Å². The topological polar surface area (TPSA) is 26.0 Å². The van der Waals surface area contributed by atoms with Gasteiger partial charge in [-0.1, -0.05) is 48.6 Å². The smallest absolute Gasteiger partial charge is 0.318 e. The van der Waals surface area contributed by atoms with Crippen molar-refractivity contribution in [3.05, 3.63) is 59.7 Å². The van der Waals surface area contributed by atoms with Crippen LogP contribution in [0.25, 0.3) is 0 Å². The molecule has 0 radical (unpaired) electrons. The number of allylic oxidation sites excluding steroid dienone is 2. The van der Waals surface area contributed by atoms with E-state index in [2.05, 4.69) is 0 Å². The maximum Gasteiger partial charge on any atom is 0.412 e. The minimum absolute atomic E-state index is 0.225. The van der Waals surface area contributed by atoms with Crippen LogP contribution in [0, 0.1) is 0 Å². The summed E-state index contributed by atoms with van der Waals surface area (Å²) in [6.45, 7) is 0. The summed E-state index contributed by atoms with van der Waals surface area (Å²) in [6, 6.07) is 8.82. The van der Waals surface area contributed by atoms with E-state index in [1.54, 1.807) is 36.4 Å². The molecule has 0 aliphatic heterocycles. The molecule has 0 bridgehead atoms. The molecule has 17 heavy (non-hydrogen) atoms. The Balaban J connectivity index is 2.32. The maximum absolute atomic E-state index is 12.6. The highest BCUT2D eigenvalue weighted by molar-refractivity contribution is 5.37. The van der Waals surface area contributed by atoms with Crippen LogP contribution >= 0.6 is 0 Å². The lowest BCUT2D eigenvalue weighted by molar-refractivity contribution is -0.0956. The molecule has 1 atom stereocenters. The molecule has 90 valence electrons. The van der Waals surface area contributed by atoms with Crippen molar-refractivity contribution in [3.63, 3.8) is 0 Å². The summed E-state index contributed by atoms with van der Waals surface area (Å²) in [5.41, 5.74) is 5.07. The van der Waals surface area contributed by atoms with Gasteiger partial charge in [0, 0.05) is 12.0 Å². The number of hydrogen-bond acceptors (Lipinski definition) is 1. The Hall–Kier alpha value is -1.55. The van der Waals surface area contributed by atoms with Gasteiger partial charge in [-0.25, -0.2) is 0 Å². The third-order valence-electron chi connectivity index (χ3n) is 2.85. The Morgan fingerprint density at radius 3 is 2.35 bits per heavy atom. The van der Waals surface area contributed by atoms with Crippen molar-refractivity contribution >= 4 is 0 Å². The Morgan fingerprint density at radius 1 is 1.12 bits per heavy atom. The average molecular weight is 239 g/mol. The van der Waals surface area contributed by atoms with Gasteiger partial charge in [0.05, 0.1) is 5.54 Å². The fraction of sp³-hybridized carbons (Fsp3) is 0.231. The lowest BCUT2D eigenvalue weighted by Gasteiger charge is -2.30. The minimum Gasteiger partial charge on any atom is -0.318 e. The highest BCUT2D eigenvalue weighted by Crippen LogP contribution is 2.38. The van der Waals surface area contributed by atoms with Gasteiger partial charge in [-0.2, -0.15) is 13.2 Å². The van der Waals surface area contributed by atoms with Crippen LogP contribution in [0.5, 0.6) is 0 Å². The minimum atomic E-state index is -4.32. The van der Waals surface area contributed by atoms with E-state index in [9.17, 15) is 13.2 Å². The van der Waals surface area contributed by atoms with Gasteiger partial charge in [0.25, 0.3) is 0 Å². The predicted octanol–water partition coefficient (Wildman–Crippen LogP) is 3.29. The number of halogens is 3. The summed E-state index contributed by atoms with van der Waals surface area (Å²) in [5, 5.41) is 0. The Morgan fingerprint density at radius 2 is 1.76 bits per heavy atom. The second kappa shape index (κ2) is 4.04. The Kier molecular flexibility index (Phi) is 2.83. The van der Waals surface area contributed by atoms with Gasteiger partial charge in [0.15, 0.2) is 0 Å². The van der Waals surface area contributed by atoms with Crippen molar-refractivity contribution in [2.45, 2.75) is 18.1 Å². The third-order valence-corrected chi connectivity index (χ3v) is 2.85. The molecule has 0 spiro atoms. The van der Waals surface area contributed by atoms with Gasteiger partial charge in [-0.15, -0.1) is 0 Å². The van der Waals surface area contributed by atoms with E-state index in [-0.39, 0.29) is 6.42 Å². The second-order valence-corrected chi connectivity index (χ2v) is 4.13. The predicted molar refractivity (Wildman–Crippen MR) is 60.2 cm³/mol. The van der Waals surface area contributed by atoms with E-state index in [0.29, 0.717) is 5.56 Å². The van der Waals surface area contributed by atoms with E-state index in [4.69, 9.17) is 5.73 Å². The van der Waals surface area contributed by atoms with Crippen molar-refractivity contribution in [3.8, 4) is 0 Å². The molecular weight excluding hydrogens is 227 g/mol. The lowest BCUT2D eigenvalue weighted by Crippen LogP contribution is -2.38. The molecule has 2 rings (SSSR count). The van der Waals surface area contributed by atoms with Gasteiger partial charge in [-0.05, 0) is 5.56 Å². The molecule has 4 heteroatoms. The van der Waals surface area contributed by atoms with E-state index in [0.717, 1.165) is 6.08 Å². The molecule has 0 saturated carbocycles. The fourth-order valence-electron chi connectivity index (χ4n) is 1.91. The van der Waals surface area contributed by atoms with Crippen LogP contribution in [0.3, 0.4) is 0 Å². The zero-order valence-electron chi connectivity index (χ0n) is 9.04. The Labute approximate surface area is 97.4 Å². The third kappa shape index (κ3) is 2.42. The normalized spacial score (nSPS) is 24.6. The molecule has 0 aromatic heterocycles. The zero-order valence-corrected chi connectivity index (χ0v) is 9.04. The van der Waals surface area contributed by atoms with Crippen LogP contribution in [0.15, 0.2) is 54.1 Å². The van der Waals surface area contributed by atoms with Crippen LogP contribution in [0.4, 0.5) is 13.2 Å². The van der Waals surface area contributed by atoms with Crippen LogP contribution < -0.4 is 5.73 Å². The number of alkyl halides is 3. The first kappa shape index (κ1) is 11.9.